The number of carbonyl (C=O) groups excluding carboxylic acids is 1. The first-order valence-corrected chi connectivity index (χ1v) is 8.56. The first kappa shape index (κ1) is 19.0. The van der Waals surface area contributed by atoms with E-state index in [9.17, 15) is 4.79 Å². The second kappa shape index (κ2) is 9.81. The summed E-state index contributed by atoms with van der Waals surface area (Å²) < 4.78 is 5.74. The van der Waals surface area contributed by atoms with Crippen LogP contribution in [0.3, 0.4) is 0 Å². The van der Waals surface area contributed by atoms with E-state index >= 15 is 0 Å². The molecule has 0 saturated carbocycles. The van der Waals surface area contributed by atoms with Gasteiger partial charge >= 0.3 is 0 Å². The van der Waals surface area contributed by atoms with Crippen LogP contribution < -0.4 is 15.4 Å². The van der Waals surface area contributed by atoms with Gasteiger partial charge in [-0.05, 0) is 76.9 Å². The fraction of sp³-hybridized carbons (Fsp3) is 0.350. The number of anilines is 1. The number of nitrogens with zero attached hydrogens (tertiary/aromatic N) is 1. The van der Waals surface area contributed by atoms with E-state index < -0.39 is 0 Å². The van der Waals surface area contributed by atoms with Crippen LogP contribution in [-0.2, 0) is 4.79 Å². The maximum Gasteiger partial charge on any atom is 0.241 e. The summed E-state index contributed by atoms with van der Waals surface area (Å²) in [5.74, 6) is 1.48. The standard InChI is InChI=1S/C20H27N3O2/c1-16(21-14-7-15-23(2)3)20(24)22-17-10-12-19(13-11-17)25-18-8-5-4-6-9-18/h4-6,8-13,16,21H,7,14-15H2,1-3H3,(H,22,24). The van der Waals surface area contributed by atoms with E-state index in [4.69, 9.17) is 4.74 Å². The molecule has 134 valence electrons. The van der Waals surface area contributed by atoms with Gasteiger partial charge in [0.2, 0.25) is 5.91 Å². The second-order valence-corrected chi connectivity index (χ2v) is 6.26. The molecule has 2 aromatic carbocycles. The highest BCUT2D eigenvalue weighted by Gasteiger charge is 2.12. The number of ether oxygens (including phenoxy) is 1. The molecule has 1 unspecified atom stereocenters. The number of hydrogen-bond donors (Lipinski definition) is 2. The van der Waals surface area contributed by atoms with Gasteiger partial charge in [-0.3, -0.25) is 4.79 Å². The molecule has 0 heterocycles. The molecule has 1 atom stereocenters. The van der Waals surface area contributed by atoms with Gasteiger partial charge in [0.15, 0.2) is 0 Å². The van der Waals surface area contributed by atoms with Gasteiger partial charge in [-0.1, -0.05) is 18.2 Å². The van der Waals surface area contributed by atoms with Gasteiger partial charge in [0.1, 0.15) is 11.5 Å². The Bertz CT molecular complexity index is 642. The summed E-state index contributed by atoms with van der Waals surface area (Å²) in [5, 5.41) is 6.15. The Labute approximate surface area is 150 Å². The molecule has 0 radical (unpaired) electrons. The fourth-order valence-corrected chi connectivity index (χ4v) is 2.29. The molecule has 25 heavy (non-hydrogen) atoms. The normalized spacial score (nSPS) is 12.0. The summed E-state index contributed by atoms with van der Waals surface area (Å²) in [5.41, 5.74) is 0.757. The van der Waals surface area contributed by atoms with Crippen molar-refractivity contribution in [3.05, 3.63) is 54.6 Å². The average Bonchev–Trinajstić information content (AvgIpc) is 2.61. The maximum atomic E-state index is 12.2. The van der Waals surface area contributed by atoms with Crippen LogP contribution in [0.5, 0.6) is 11.5 Å². The zero-order chi connectivity index (χ0) is 18.1. The van der Waals surface area contributed by atoms with Crippen LogP contribution in [0.25, 0.3) is 0 Å². The van der Waals surface area contributed by atoms with Gasteiger partial charge in [-0.2, -0.15) is 0 Å². The first-order chi connectivity index (χ1) is 12.0. The van der Waals surface area contributed by atoms with Crippen molar-refractivity contribution >= 4 is 11.6 Å². The van der Waals surface area contributed by atoms with Crippen molar-refractivity contribution in [2.24, 2.45) is 0 Å². The number of hydrogen-bond acceptors (Lipinski definition) is 4. The van der Waals surface area contributed by atoms with Gasteiger partial charge in [0.05, 0.1) is 6.04 Å². The van der Waals surface area contributed by atoms with Crippen molar-refractivity contribution in [1.82, 2.24) is 10.2 Å². The van der Waals surface area contributed by atoms with E-state index in [1.54, 1.807) is 0 Å². The molecule has 0 fully saturated rings. The van der Waals surface area contributed by atoms with Crippen LogP contribution in [0, 0.1) is 0 Å². The number of nitrogens with one attached hydrogen (secondary N) is 2. The lowest BCUT2D eigenvalue weighted by Crippen LogP contribution is -2.39. The number of carbonyl (C=O) groups is 1. The van der Waals surface area contributed by atoms with Gasteiger partial charge < -0.3 is 20.3 Å². The lowest BCUT2D eigenvalue weighted by Gasteiger charge is -2.15. The van der Waals surface area contributed by atoms with Crippen LogP contribution >= 0.6 is 0 Å². The van der Waals surface area contributed by atoms with E-state index in [0.717, 1.165) is 36.7 Å². The third-order valence-corrected chi connectivity index (χ3v) is 3.73. The summed E-state index contributed by atoms with van der Waals surface area (Å²) >= 11 is 0. The number of rotatable bonds is 9. The molecule has 2 N–H and O–H groups in total. The summed E-state index contributed by atoms with van der Waals surface area (Å²) in [6.07, 6.45) is 1.01. The lowest BCUT2D eigenvalue weighted by atomic mass is 10.2. The van der Waals surface area contributed by atoms with Gasteiger partial charge in [-0.15, -0.1) is 0 Å². The number of amides is 1. The highest BCUT2D eigenvalue weighted by molar-refractivity contribution is 5.94. The highest BCUT2D eigenvalue weighted by atomic mass is 16.5. The second-order valence-electron chi connectivity index (χ2n) is 6.26. The van der Waals surface area contributed by atoms with E-state index in [1.807, 2.05) is 75.6 Å². The molecule has 5 heteroatoms. The Kier molecular flexibility index (Phi) is 7.44. The van der Waals surface area contributed by atoms with Crippen LogP contribution in [-0.4, -0.2) is 44.0 Å². The highest BCUT2D eigenvalue weighted by Crippen LogP contribution is 2.22. The average molecular weight is 341 g/mol. The van der Waals surface area contributed by atoms with Crippen LogP contribution in [0.1, 0.15) is 13.3 Å². The minimum Gasteiger partial charge on any atom is -0.457 e. The predicted octanol–water partition coefficient (Wildman–Crippen LogP) is 3.35. The SMILES string of the molecule is CC(NCCCN(C)C)C(=O)Nc1ccc(Oc2ccccc2)cc1. The van der Waals surface area contributed by atoms with Crippen molar-refractivity contribution < 1.29 is 9.53 Å². The van der Waals surface area contributed by atoms with Gasteiger partial charge in [0.25, 0.3) is 0 Å². The van der Waals surface area contributed by atoms with Crippen LogP contribution in [0.4, 0.5) is 5.69 Å². The molecule has 0 saturated heterocycles. The summed E-state index contributed by atoms with van der Waals surface area (Å²) in [6, 6.07) is 16.7. The summed E-state index contributed by atoms with van der Waals surface area (Å²) in [6.45, 7) is 3.69. The van der Waals surface area contributed by atoms with Crippen LogP contribution in [0.15, 0.2) is 54.6 Å². The van der Waals surface area contributed by atoms with Gasteiger partial charge in [-0.25, -0.2) is 0 Å². The molecular formula is C20H27N3O2. The van der Waals surface area contributed by atoms with Crippen molar-refractivity contribution in [1.29, 1.82) is 0 Å². The Hall–Kier alpha value is -2.37. The zero-order valence-electron chi connectivity index (χ0n) is 15.2. The molecule has 0 bridgehead atoms. The van der Waals surface area contributed by atoms with E-state index in [0.29, 0.717) is 0 Å². The molecule has 1 amide bonds. The van der Waals surface area contributed by atoms with Gasteiger partial charge in [0, 0.05) is 5.69 Å². The molecule has 2 rings (SSSR count). The lowest BCUT2D eigenvalue weighted by molar-refractivity contribution is -0.117. The molecule has 0 spiro atoms. The molecule has 0 aliphatic heterocycles. The number of benzene rings is 2. The van der Waals surface area contributed by atoms with E-state index in [1.165, 1.54) is 0 Å². The van der Waals surface area contributed by atoms with Crippen molar-refractivity contribution in [2.45, 2.75) is 19.4 Å². The summed E-state index contributed by atoms with van der Waals surface area (Å²) in [7, 11) is 4.09. The quantitative estimate of drug-likeness (QED) is 0.687. The minimum atomic E-state index is -0.234. The van der Waals surface area contributed by atoms with Crippen molar-refractivity contribution in [2.75, 3.05) is 32.5 Å². The fourth-order valence-electron chi connectivity index (χ4n) is 2.29. The maximum absolute atomic E-state index is 12.2. The van der Waals surface area contributed by atoms with Crippen LogP contribution in [0.2, 0.25) is 0 Å². The van der Waals surface area contributed by atoms with E-state index in [-0.39, 0.29) is 11.9 Å². The molecule has 2 aromatic rings. The molecule has 0 aromatic heterocycles. The minimum absolute atomic E-state index is 0.0402. The largest absolute Gasteiger partial charge is 0.457 e. The molecule has 5 nitrogen and oxygen atoms in total. The molecule has 0 aliphatic carbocycles. The Morgan fingerprint density at radius 1 is 1.04 bits per heavy atom. The van der Waals surface area contributed by atoms with E-state index in [2.05, 4.69) is 15.5 Å². The predicted molar refractivity (Wildman–Crippen MR) is 102 cm³/mol. The topological polar surface area (TPSA) is 53.6 Å². The third-order valence-electron chi connectivity index (χ3n) is 3.73. The monoisotopic (exact) mass is 341 g/mol. The summed E-state index contributed by atoms with van der Waals surface area (Å²) in [4.78, 5) is 14.3. The van der Waals surface area contributed by atoms with Crippen molar-refractivity contribution in [3.8, 4) is 11.5 Å². The Morgan fingerprint density at radius 3 is 2.32 bits per heavy atom. The third kappa shape index (κ3) is 6.95. The number of para-hydroxylation sites is 1. The zero-order valence-corrected chi connectivity index (χ0v) is 15.2. The molecule has 0 aliphatic rings. The Morgan fingerprint density at radius 2 is 1.68 bits per heavy atom. The first-order valence-electron chi connectivity index (χ1n) is 8.56. The smallest absolute Gasteiger partial charge is 0.241 e. The Balaban J connectivity index is 1.78. The molecular weight excluding hydrogens is 314 g/mol. The van der Waals surface area contributed by atoms with Crippen molar-refractivity contribution in [3.63, 3.8) is 0 Å².